The molecule has 0 saturated heterocycles. The monoisotopic (exact) mass is 394 g/mol. The molecule has 1 N–H and O–H groups in total. The zero-order chi connectivity index (χ0) is 17.0. The molecule has 1 aromatic carbocycles. The second kappa shape index (κ2) is 7.75. The Morgan fingerprint density at radius 1 is 1.17 bits per heavy atom. The maximum Gasteiger partial charge on any atom is 0.253 e. The van der Waals surface area contributed by atoms with Gasteiger partial charge >= 0.3 is 0 Å². The van der Waals surface area contributed by atoms with Gasteiger partial charge in [0.05, 0.1) is 10.3 Å². The summed E-state index contributed by atoms with van der Waals surface area (Å²) < 4.78 is 1.05. The van der Waals surface area contributed by atoms with Crippen molar-refractivity contribution < 1.29 is 9.59 Å². The summed E-state index contributed by atoms with van der Waals surface area (Å²) in [6.45, 7) is 4.25. The molecule has 122 valence electrons. The molecule has 2 amide bonds. The molecule has 0 fully saturated rings. The van der Waals surface area contributed by atoms with E-state index in [0.29, 0.717) is 17.8 Å². The summed E-state index contributed by atoms with van der Waals surface area (Å²) in [5.74, 6) is -0.159. The number of hydrogen-bond donors (Lipinski definition) is 1. The number of amides is 2. The van der Waals surface area contributed by atoms with Crippen molar-refractivity contribution in [3.05, 3.63) is 50.6 Å². The quantitative estimate of drug-likeness (QED) is 0.817. The van der Waals surface area contributed by atoms with Gasteiger partial charge in [-0.05, 0) is 52.3 Å². The maximum atomic E-state index is 12.4. The topological polar surface area (TPSA) is 49.4 Å². The van der Waals surface area contributed by atoms with Crippen LogP contribution in [0.25, 0.3) is 0 Å². The average molecular weight is 395 g/mol. The fourth-order valence-electron chi connectivity index (χ4n) is 1.95. The van der Waals surface area contributed by atoms with E-state index in [2.05, 4.69) is 21.2 Å². The minimum absolute atomic E-state index is 0.0375. The molecule has 6 heteroatoms. The van der Waals surface area contributed by atoms with Gasteiger partial charge in [-0.2, -0.15) is 0 Å². The molecular weight excluding hydrogens is 376 g/mol. The highest BCUT2D eigenvalue weighted by molar-refractivity contribution is 9.11. The van der Waals surface area contributed by atoms with Crippen molar-refractivity contribution in [2.24, 2.45) is 5.92 Å². The number of anilines is 1. The van der Waals surface area contributed by atoms with Crippen molar-refractivity contribution in [2.45, 2.75) is 20.4 Å². The number of carbonyl (C=O) groups excluding carboxylic acids is 2. The fraction of sp³-hybridized carbons (Fsp3) is 0.294. The third-order valence-corrected chi connectivity index (χ3v) is 4.90. The van der Waals surface area contributed by atoms with Crippen LogP contribution in [0.2, 0.25) is 0 Å². The molecule has 23 heavy (non-hydrogen) atoms. The van der Waals surface area contributed by atoms with E-state index in [0.717, 1.165) is 8.66 Å². The molecule has 1 aromatic heterocycles. The third kappa shape index (κ3) is 4.91. The summed E-state index contributed by atoms with van der Waals surface area (Å²) >= 11 is 5.04. The van der Waals surface area contributed by atoms with Gasteiger partial charge in [0.2, 0.25) is 5.91 Å². The van der Waals surface area contributed by atoms with E-state index in [1.807, 2.05) is 26.0 Å². The van der Waals surface area contributed by atoms with E-state index < -0.39 is 0 Å². The Morgan fingerprint density at radius 2 is 1.83 bits per heavy atom. The first kappa shape index (κ1) is 17.7. The molecule has 0 radical (unpaired) electrons. The fourth-order valence-corrected chi connectivity index (χ4v) is 3.48. The zero-order valence-corrected chi connectivity index (χ0v) is 15.7. The van der Waals surface area contributed by atoms with Crippen molar-refractivity contribution in [3.63, 3.8) is 0 Å². The Labute approximate surface area is 148 Å². The second-order valence-corrected chi connectivity index (χ2v) is 8.14. The normalized spacial score (nSPS) is 10.7. The average Bonchev–Trinajstić information content (AvgIpc) is 2.92. The van der Waals surface area contributed by atoms with Crippen LogP contribution >= 0.6 is 27.3 Å². The van der Waals surface area contributed by atoms with Crippen LogP contribution in [0.15, 0.2) is 40.2 Å². The van der Waals surface area contributed by atoms with E-state index in [-0.39, 0.29) is 17.7 Å². The van der Waals surface area contributed by atoms with Crippen LogP contribution in [0.5, 0.6) is 0 Å². The Hall–Kier alpha value is -1.66. The van der Waals surface area contributed by atoms with Crippen LogP contribution in [0.1, 0.15) is 29.1 Å². The van der Waals surface area contributed by atoms with Gasteiger partial charge in [0.1, 0.15) is 0 Å². The molecule has 0 aliphatic rings. The lowest BCUT2D eigenvalue weighted by atomic mass is 10.1. The molecule has 1 heterocycles. The van der Waals surface area contributed by atoms with Crippen LogP contribution in [-0.2, 0) is 11.3 Å². The highest BCUT2D eigenvalue weighted by Crippen LogP contribution is 2.23. The summed E-state index contributed by atoms with van der Waals surface area (Å²) in [5.41, 5.74) is 1.30. The lowest BCUT2D eigenvalue weighted by Gasteiger charge is -2.16. The number of thiophene rings is 1. The molecule has 2 aromatic rings. The summed E-state index contributed by atoms with van der Waals surface area (Å²) in [7, 11) is 1.78. The van der Waals surface area contributed by atoms with E-state index in [9.17, 15) is 9.59 Å². The Balaban J connectivity index is 2.00. The first-order valence-corrected chi connectivity index (χ1v) is 8.88. The minimum atomic E-state index is -0.0763. The summed E-state index contributed by atoms with van der Waals surface area (Å²) in [6.07, 6.45) is 0. The van der Waals surface area contributed by atoms with E-state index in [4.69, 9.17) is 0 Å². The molecule has 2 rings (SSSR count). The van der Waals surface area contributed by atoms with Gasteiger partial charge in [-0.15, -0.1) is 11.3 Å². The molecule has 0 aliphatic carbocycles. The molecule has 0 bridgehead atoms. The maximum absolute atomic E-state index is 12.4. The highest BCUT2D eigenvalue weighted by Gasteiger charge is 2.13. The van der Waals surface area contributed by atoms with Crippen molar-refractivity contribution >= 4 is 44.8 Å². The van der Waals surface area contributed by atoms with Crippen molar-refractivity contribution in [1.29, 1.82) is 0 Å². The van der Waals surface area contributed by atoms with Gasteiger partial charge in [0, 0.05) is 29.1 Å². The second-order valence-electron chi connectivity index (χ2n) is 5.59. The molecule has 0 saturated carbocycles. The molecule has 4 nitrogen and oxygen atoms in total. The van der Waals surface area contributed by atoms with Gasteiger partial charge in [-0.3, -0.25) is 9.59 Å². The van der Waals surface area contributed by atoms with Gasteiger partial charge < -0.3 is 10.2 Å². The number of nitrogens with one attached hydrogen (secondary N) is 1. The lowest BCUT2D eigenvalue weighted by Crippen LogP contribution is -2.25. The van der Waals surface area contributed by atoms with E-state index in [1.54, 1.807) is 47.5 Å². The number of benzene rings is 1. The van der Waals surface area contributed by atoms with Crippen LogP contribution < -0.4 is 5.32 Å². The first-order valence-electron chi connectivity index (χ1n) is 7.27. The smallest absolute Gasteiger partial charge is 0.253 e. The predicted octanol–water partition coefficient (Wildman–Crippen LogP) is 4.38. The Morgan fingerprint density at radius 3 is 2.35 bits per heavy atom. The standard InChI is InChI=1S/C17H19BrN2O2S/c1-11(2)16(21)19-13-6-4-12(5-7-13)17(22)20(3)10-14-8-9-15(18)23-14/h4-9,11H,10H2,1-3H3,(H,19,21). The molecule has 0 unspecified atom stereocenters. The molecular formula is C17H19BrN2O2S. The number of nitrogens with zero attached hydrogens (tertiary/aromatic N) is 1. The number of rotatable bonds is 5. The van der Waals surface area contributed by atoms with Gasteiger partial charge in [-0.1, -0.05) is 13.8 Å². The van der Waals surface area contributed by atoms with Crippen LogP contribution in [0.4, 0.5) is 5.69 Å². The van der Waals surface area contributed by atoms with E-state index in [1.165, 1.54) is 0 Å². The third-order valence-electron chi connectivity index (χ3n) is 3.29. The highest BCUT2D eigenvalue weighted by atomic mass is 79.9. The van der Waals surface area contributed by atoms with Crippen molar-refractivity contribution in [2.75, 3.05) is 12.4 Å². The minimum Gasteiger partial charge on any atom is -0.337 e. The van der Waals surface area contributed by atoms with Gasteiger partial charge in [0.25, 0.3) is 5.91 Å². The molecule has 0 spiro atoms. The van der Waals surface area contributed by atoms with Crippen LogP contribution in [0.3, 0.4) is 0 Å². The lowest BCUT2D eigenvalue weighted by molar-refractivity contribution is -0.118. The van der Waals surface area contributed by atoms with E-state index >= 15 is 0 Å². The first-order chi connectivity index (χ1) is 10.9. The SMILES string of the molecule is CC(C)C(=O)Nc1ccc(C(=O)N(C)Cc2ccc(Br)s2)cc1. The van der Waals surface area contributed by atoms with Crippen molar-refractivity contribution in [3.8, 4) is 0 Å². The molecule has 0 atom stereocenters. The number of halogens is 1. The predicted molar refractivity (Wildman–Crippen MR) is 97.7 cm³/mol. The zero-order valence-electron chi connectivity index (χ0n) is 13.3. The Kier molecular flexibility index (Phi) is 5.96. The van der Waals surface area contributed by atoms with Crippen molar-refractivity contribution in [1.82, 2.24) is 4.90 Å². The summed E-state index contributed by atoms with van der Waals surface area (Å²) in [6, 6.07) is 11.0. The van der Waals surface area contributed by atoms with Gasteiger partial charge in [0.15, 0.2) is 0 Å². The summed E-state index contributed by atoms with van der Waals surface area (Å²) in [4.78, 5) is 26.9. The number of hydrogen-bond acceptors (Lipinski definition) is 3. The van der Waals surface area contributed by atoms with Gasteiger partial charge in [-0.25, -0.2) is 0 Å². The van der Waals surface area contributed by atoms with Crippen LogP contribution in [0, 0.1) is 5.92 Å². The summed E-state index contributed by atoms with van der Waals surface area (Å²) in [5, 5.41) is 2.81. The largest absolute Gasteiger partial charge is 0.337 e. The number of carbonyl (C=O) groups is 2. The van der Waals surface area contributed by atoms with Crippen LogP contribution in [-0.4, -0.2) is 23.8 Å². The Bertz CT molecular complexity index is 695. The molecule has 0 aliphatic heterocycles.